The summed E-state index contributed by atoms with van der Waals surface area (Å²) < 4.78 is 36.2. The van der Waals surface area contributed by atoms with Gasteiger partial charge in [-0.3, -0.25) is 9.59 Å². The monoisotopic (exact) mass is 345 g/mol. The van der Waals surface area contributed by atoms with Crippen molar-refractivity contribution in [3.8, 4) is 11.5 Å². The molecule has 0 atom stereocenters. The molecule has 128 valence electrons. The molecule has 0 heterocycles. The lowest BCUT2D eigenvalue weighted by Gasteiger charge is -2.21. The Morgan fingerprint density at radius 3 is 1.87 bits per heavy atom. The topological polar surface area (TPSA) is 142 Å². The molecular weight excluding hydrogens is 326 g/mol. The number of nitrogens with two attached hydrogens (primary N) is 2. The van der Waals surface area contributed by atoms with E-state index in [4.69, 9.17) is 20.9 Å². The summed E-state index contributed by atoms with van der Waals surface area (Å²) in [5.41, 5.74) is 10.4. The van der Waals surface area contributed by atoms with Crippen LogP contribution in [0.2, 0.25) is 0 Å². The highest BCUT2D eigenvalue weighted by Gasteiger charge is 2.30. The number of aryl methyl sites for hydroxylation is 1. The van der Waals surface area contributed by atoms with E-state index >= 15 is 0 Å². The van der Waals surface area contributed by atoms with Crippen LogP contribution in [0.1, 0.15) is 5.56 Å². The summed E-state index contributed by atoms with van der Waals surface area (Å²) in [6, 6.07) is 2.72. The fourth-order valence-corrected chi connectivity index (χ4v) is 3.55. The largest absolute Gasteiger partial charge is 0.493 e. The van der Waals surface area contributed by atoms with Crippen molar-refractivity contribution < 1.29 is 27.5 Å². The predicted octanol–water partition coefficient (Wildman–Crippen LogP) is -1.03. The van der Waals surface area contributed by atoms with Gasteiger partial charge in [0.1, 0.15) is 0 Å². The molecule has 23 heavy (non-hydrogen) atoms. The molecule has 10 heteroatoms. The van der Waals surface area contributed by atoms with Crippen molar-refractivity contribution in [2.75, 3.05) is 27.3 Å². The van der Waals surface area contributed by atoms with Crippen LogP contribution in [0.3, 0.4) is 0 Å². The second-order valence-corrected chi connectivity index (χ2v) is 6.58. The van der Waals surface area contributed by atoms with Crippen molar-refractivity contribution in [2.45, 2.75) is 11.8 Å². The third-order valence-electron chi connectivity index (χ3n) is 2.96. The quantitative estimate of drug-likeness (QED) is 0.617. The number of hydrogen-bond donors (Lipinski definition) is 2. The highest BCUT2D eigenvalue weighted by Crippen LogP contribution is 2.33. The first-order valence-electron chi connectivity index (χ1n) is 6.42. The number of rotatable bonds is 8. The summed E-state index contributed by atoms with van der Waals surface area (Å²) in [5.74, 6) is -1.28. The molecule has 0 fully saturated rings. The molecule has 0 saturated carbocycles. The van der Waals surface area contributed by atoms with Crippen LogP contribution in [-0.2, 0) is 19.6 Å². The summed E-state index contributed by atoms with van der Waals surface area (Å²) in [7, 11) is -1.41. The summed E-state index contributed by atoms with van der Waals surface area (Å²) in [6.07, 6.45) is 0. The van der Waals surface area contributed by atoms with Crippen LogP contribution in [0.15, 0.2) is 17.0 Å². The van der Waals surface area contributed by atoms with E-state index in [1.807, 2.05) is 0 Å². The third kappa shape index (κ3) is 4.33. The molecule has 0 aliphatic carbocycles. The van der Waals surface area contributed by atoms with Crippen LogP contribution in [0, 0.1) is 6.92 Å². The Hall–Kier alpha value is -2.33. The van der Waals surface area contributed by atoms with Gasteiger partial charge in [-0.2, -0.15) is 4.31 Å². The summed E-state index contributed by atoms with van der Waals surface area (Å²) in [6.45, 7) is 0.208. The van der Waals surface area contributed by atoms with Crippen LogP contribution < -0.4 is 20.9 Å². The molecule has 2 amide bonds. The number of amides is 2. The van der Waals surface area contributed by atoms with Crippen molar-refractivity contribution in [1.29, 1.82) is 0 Å². The minimum absolute atomic E-state index is 0.141. The fourth-order valence-electron chi connectivity index (χ4n) is 1.95. The Balaban J connectivity index is 3.44. The number of methoxy groups -OCH3 is 2. The van der Waals surface area contributed by atoms with E-state index in [9.17, 15) is 18.0 Å². The first kappa shape index (κ1) is 18.7. The lowest BCUT2D eigenvalue weighted by molar-refractivity contribution is -0.120. The molecule has 0 aliphatic rings. The maximum absolute atomic E-state index is 12.7. The average molecular weight is 345 g/mol. The molecule has 0 aromatic heterocycles. The van der Waals surface area contributed by atoms with E-state index in [-0.39, 0.29) is 10.6 Å². The third-order valence-corrected chi connectivity index (χ3v) is 4.90. The lowest BCUT2D eigenvalue weighted by Crippen LogP contribution is -2.43. The average Bonchev–Trinajstić information content (AvgIpc) is 2.44. The van der Waals surface area contributed by atoms with Gasteiger partial charge >= 0.3 is 0 Å². The number of primary amides is 2. The Morgan fingerprint density at radius 1 is 1.04 bits per heavy atom. The molecule has 1 aromatic carbocycles. The predicted molar refractivity (Wildman–Crippen MR) is 81.4 cm³/mol. The zero-order chi connectivity index (χ0) is 17.8. The molecule has 4 N–H and O–H groups in total. The fraction of sp³-hybridized carbons (Fsp3) is 0.385. The summed E-state index contributed by atoms with van der Waals surface area (Å²) >= 11 is 0. The molecular formula is C13H19N3O6S. The van der Waals surface area contributed by atoms with E-state index in [2.05, 4.69) is 0 Å². The number of carbonyl (C=O) groups excluding carboxylic acids is 2. The molecule has 0 bridgehead atoms. The van der Waals surface area contributed by atoms with E-state index in [1.165, 1.54) is 26.4 Å². The second kappa shape index (κ2) is 7.29. The number of ether oxygens (including phenoxy) is 2. The zero-order valence-electron chi connectivity index (χ0n) is 13.0. The van der Waals surface area contributed by atoms with Crippen LogP contribution in [-0.4, -0.2) is 51.8 Å². The zero-order valence-corrected chi connectivity index (χ0v) is 13.8. The van der Waals surface area contributed by atoms with Gasteiger partial charge in [-0.1, -0.05) is 0 Å². The molecule has 9 nitrogen and oxygen atoms in total. The van der Waals surface area contributed by atoms with E-state index in [0.29, 0.717) is 15.6 Å². The van der Waals surface area contributed by atoms with Gasteiger partial charge in [-0.25, -0.2) is 8.42 Å². The highest BCUT2D eigenvalue weighted by atomic mass is 32.2. The van der Waals surface area contributed by atoms with Gasteiger partial charge in [0, 0.05) is 6.07 Å². The Kier molecular flexibility index (Phi) is 5.93. The van der Waals surface area contributed by atoms with Crippen LogP contribution in [0.5, 0.6) is 11.5 Å². The highest BCUT2D eigenvalue weighted by molar-refractivity contribution is 7.89. The Morgan fingerprint density at radius 2 is 1.48 bits per heavy atom. The minimum Gasteiger partial charge on any atom is -0.493 e. The van der Waals surface area contributed by atoms with Crippen molar-refractivity contribution in [1.82, 2.24) is 4.31 Å². The van der Waals surface area contributed by atoms with Crippen molar-refractivity contribution >= 4 is 21.8 Å². The van der Waals surface area contributed by atoms with Gasteiger partial charge in [0.2, 0.25) is 21.8 Å². The van der Waals surface area contributed by atoms with Crippen LogP contribution in [0.4, 0.5) is 0 Å². The van der Waals surface area contributed by atoms with E-state index < -0.39 is 34.9 Å². The second-order valence-electron chi connectivity index (χ2n) is 4.68. The van der Waals surface area contributed by atoms with Gasteiger partial charge in [-0.15, -0.1) is 0 Å². The van der Waals surface area contributed by atoms with Gasteiger partial charge in [0.05, 0.1) is 32.2 Å². The summed E-state index contributed by atoms with van der Waals surface area (Å²) in [5, 5.41) is 0. The molecule has 1 aromatic rings. The Labute approximate surface area is 134 Å². The van der Waals surface area contributed by atoms with Gasteiger partial charge < -0.3 is 20.9 Å². The van der Waals surface area contributed by atoms with Crippen molar-refractivity contribution in [3.63, 3.8) is 0 Å². The maximum atomic E-state index is 12.7. The number of sulfonamides is 1. The Bertz CT molecular complexity index is 701. The van der Waals surface area contributed by atoms with Crippen LogP contribution >= 0.6 is 0 Å². The molecule has 0 unspecified atom stereocenters. The van der Waals surface area contributed by atoms with Crippen molar-refractivity contribution in [2.24, 2.45) is 11.5 Å². The molecule has 0 radical (unpaired) electrons. The number of benzene rings is 1. The normalized spacial score (nSPS) is 11.3. The van der Waals surface area contributed by atoms with Crippen molar-refractivity contribution in [3.05, 3.63) is 17.7 Å². The minimum atomic E-state index is -4.18. The number of carbonyl (C=O) groups is 2. The maximum Gasteiger partial charge on any atom is 0.244 e. The molecule has 0 saturated heterocycles. The van der Waals surface area contributed by atoms with Crippen LogP contribution in [0.25, 0.3) is 0 Å². The van der Waals surface area contributed by atoms with E-state index in [0.717, 1.165) is 0 Å². The lowest BCUT2D eigenvalue weighted by atomic mass is 10.2. The molecule has 0 spiro atoms. The molecule has 1 rings (SSSR count). The SMILES string of the molecule is COc1cc(C)c(S(=O)(=O)N(CC(N)=O)CC(N)=O)cc1OC. The van der Waals surface area contributed by atoms with E-state index in [1.54, 1.807) is 6.92 Å². The molecule has 0 aliphatic heterocycles. The standard InChI is InChI=1S/C13H19N3O6S/c1-8-4-9(21-2)10(22-3)5-11(8)23(19,20)16(6-12(14)17)7-13(15)18/h4-5H,6-7H2,1-3H3,(H2,14,17)(H2,15,18). The number of nitrogens with zero attached hydrogens (tertiary/aromatic N) is 1. The van der Waals surface area contributed by atoms with Gasteiger partial charge in [0.15, 0.2) is 11.5 Å². The summed E-state index contributed by atoms with van der Waals surface area (Å²) in [4.78, 5) is 22.1. The van der Waals surface area contributed by atoms with Gasteiger partial charge in [0.25, 0.3) is 0 Å². The first-order valence-corrected chi connectivity index (χ1v) is 7.86. The first-order chi connectivity index (χ1) is 10.6. The smallest absolute Gasteiger partial charge is 0.244 e. The van der Waals surface area contributed by atoms with Gasteiger partial charge in [-0.05, 0) is 18.6 Å². The number of hydrogen-bond acceptors (Lipinski definition) is 6.